The van der Waals surface area contributed by atoms with Gasteiger partial charge in [0.05, 0.1) is 6.61 Å². The van der Waals surface area contributed by atoms with Crippen molar-refractivity contribution in [2.45, 2.75) is 19.0 Å². The Morgan fingerprint density at radius 1 is 1.57 bits per heavy atom. The van der Waals surface area contributed by atoms with Crippen molar-refractivity contribution in [1.82, 2.24) is 5.32 Å². The number of rotatable bonds is 1. The van der Waals surface area contributed by atoms with Crippen molar-refractivity contribution in [2.75, 3.05) is 6.61 Å². The first-order valence-corrected chi connectivity index (χ1v) is 5.31. The molecule has 4 heteroatoms. The van der Waals surface area contributed by atoms with Crippen LogP contribution in [0.1, 0.15) is 11.1 Å². The summed E-state index contributed by atoms with van der Waals surface area (Å²) < 4.78 is 14.2. The normalized spacial score (nSPS) is 20.6. The number of hydrogen-bond acceptors (Lipinski definition) is 2. The summed E-state index contributed by atoms with van der Waals surface area (Å²) in [6.07, 6.45) is 0.683. The predicted molar refractivity (Wildman–Crippen MR) is 55.5 cm³/mol. The maximum Gasteiger partial charge on any atom is 0.129 e. The van der Waals surface area contributed by atoms with Gasteiger partial charge in [0.1, 0.15) is 5.82 Å². The van der Waals surface area contributed by atoms with Gasteiger partial charge in [0.15, 0.2) is 0 Å². The second-order valence-electron chi connectivity index (χ2n) is 3.49. The van der Waals surface area contributed by atoms with Gasteiger partial charge < -0.3 is 10.4 Å². The van der Waals surface area contributed by atoms with E-state index in [0.717, 1.165) is 15.6 Å². The summed E-state index contributed by atoms with van der Waals surface area (Å²) in [4.78, 5) is 0. The lowest BCUT2D eigenvalue weighted by atomic mass is 9.96. The van der Waals surface area contributed by atoms with E-state index in [1.54, 1.807) is 0 Å². The van der Waals surface area contributed by atoms with E-state index in [4.69, 9.17) is 5.11 Å². The molecule has 1 aliphatic heterocycles. The van der Waals surface area contributed by atoms with Crippen LogP contribution in [0.3, 0.4) is 0 Å². The van der Waals surface area contributed by atoms with Crippen LogP contribution in [0.25, 0.3) is 0 Å². The van der Waals surface area contributed by atoms with Crippen molar-refractivity contribution < 1.29 is 9.50 Å². The van der Waals surface area contributed by atoms with Crippen LogP contribution in [0.4, 0.5) is 4.39 Å². The van der Waals surface area contributed by atoms with Gasteiger partial charge in [0.25, 0.3) is 0 Å². The lowest BCUT2D eigenvalue weighted by Crippen LogP contribution is -2.38. The highest BCUT2D eigenvalue weighted by Gasteiger charge is 2.20. The zero-order chi connectivity index (χ0) is 10.1. The van der Waals surface area contributed by atoms with Gasteiger partial charge in [0, 0.05) is 22.6 Å². The van der Waals surface area contributed by atoms with Gasteiger partial charge >= 0.3 is 0 Å². The lowest BCUT2D eigenvalue weighted by molar-refractivity contribution is 0.235. The van der Waals surface area contributed by atoms with E-state index in [-0.39, 0.29) is 18.5 Å². The number of hydrogen-bond donors (Lipinski definition) is 2. The van der Waals surface area contributed by atoms with Crippen LogP contribution in [0.15, 0.2) is 16.6 Å². The smallest absolute Gasteiger partial charge is 0.129 e. The van der Waals surface area contributed by atoms with E-state index in [2.05, 4.69) is 21.2 Å². The average Bonchev–Trinajstić information content (AvgIpc) is 2.16. The highest BCUT2D eigenvalue weighted by atomic mass is 79.9. The molecule has 76 valence electrons. The average molecular weight is 260 g/mol. The van der Waals surface area contributed by atoms with Gasteiger partial charge in [-0.2, -0.15) is 0 Å². The molecule has 1 aromatic rings. The van der Waals surface area contributed by atoms with E-state index in [0.29, 0.717) is 13.0 Å². The molecular formula is C10H11BrFNO. The zero-order valence-electron chi connectivity index (χ0n) is 7.56. The molecule has 1 unspecified atom stereocenters. The van der Waals surface area contributed by atoms with Gasteiger partial charge in [-0.1, -0.05) is 15.9 Å². The molecular weight excluding hydrogens is 249 g/mol. The molecule has 0 radical (unpaired) electrons. The van der Waals surface area contributed by atoms with E-state index in [1.807, 2.05) is 6.07 Å². The first kappa shape index (κ1) is 10.1. The summed E-state index contributed by atoms with van der Waals surface area (Å²) >= 11 is 3.26. The molecule has 2 nitrogen and oxygen atoms in total. The fraction of sp³-hybridized carbons (Fsp3) is 0.400. The van der Waals surface area contributed by atoms with Crippen LogP contribution in [-0.4, -0.2) is 17.8 Å². The lowest BCUT2D eigenvalue weighted by Gasteiger charge is -2.25. The van der Waals surface area contributed by atoms with E-state index >= 15 is 0 Å². The standard InChI is InChI=1S/C10H11BrFNO/c11-7-1-6-2-8(5-14)13-4-9(6)10(12)3-7/h1,3,8,13-14H,2,4-5H2. The van der Waals surface area contributed by atoms with E-state index < -0.39 is 0 Å². The first-order chi connectivity index (χ1) is 6.70. The summed E-state index contributed by atoms with van der Waals surface area (Å²) in [6.45, 7) is 0.591. The van der Waals surface area contributed by atoms with Gasteiger partial charge in [-0.15, -0.1) is 0 Å². The molecule has 1 aromatic carbocycles. The molecule has 0 saturated carbocycles. The molecule has 0 fully saturated rings. The summed E-state index contributed by atoms with van der Waals surface area (Å²) in [5.74, 6) is -0.182. The van der Waals surface area contributed by atoms with Gasteiger partial charge in [-0.25, -0.2) is 4.39 Å². The number of fused-ring (bicyclic) bond motifs is 1. The molecule has 1 atom stereocenters. The molecule has 2 rings (SSSR count). The van der Waals surface area contributed by atoms with Crippen molar-refractivity contribution in [3.8, 4) is 0 Å². The maximum atomic E-state index is 13.4. The third-order valence-corrected chi connectivity index (χ3v) is 2.96. The molecule has 0 spiro atoms. The molecule has 2 N–H and O–H groups in total. The predicted octanol–water partition coefficient (Wildman–Crippen LogP) is 1.59. The second-order valence-corrected chi connectivity index (χ2v) is 4.41. The first-order valence-electron chi connectivity index (χ1n) is 4.51. The number of aliphatic hydroxyl groups excluding tert-OH is 1. The Morgan fingerprint density at radius 2 is 2.36 bits per heavy atom. The number of benzene rings is 1. The number of nitrogens with one attached hydrogen (secondary N) is 1. The largest absolute Gasteiger partial charge is 0.395 e. The van der Waals surface area contributed by atoms with Crippen LogP contribution in [0.2, 0.25) is 0 Å². The Labute approximate surface area is 90.3 Å². The minimum atomic E-state index is -0.182. The van der Waals surface area contributed by atoms with Crippen molar-refractivity contribution in [3.05, 3.63) is 33.5 Å². The second kappa shape index (κ2) is 3.96. The Bertz CT molecular complexity index is 356. The van der Waals surface area contributed by atoms with Crippen LogP contribution in [0, 0.1) is 5.82 Å². The SMILES string of the molecule is OCC1Cc2cc(Br)cc(F)c2CN1. The highest BCUT2D eigenvalue weighted by Crippen LogP contribution is 2.24. The quantitative estimate of drug-likeness (QED) is 0.803. The van der Waals surface area contributed by atoms with Gasteiger partial charge in [-0.3, -0.25) is 0 Å². The highest BCUT2D eigenvalue weighted by molar-refractivity contribution is 9.10. The molecule has 0 saturated heterocycles. The topological polar surface area (TPSA) is 32.3 Å². The Balaban J connectivity index is 2.37. The third-order valence-electron chi connectivity index (χ3n) is 2.51. The van der Waals surface area contributed by atoms with Crippen molar-refractivity contribution in [1.29, 1.82) is 0 Å². The maximum absolute atomic E-state index is 13.4. The molecule has 0 aliphatic carbocycles. The molecule has 0 amide bonds. The van der Waals surface area contributed by atoms with Crippen molar-refractivity contribution in [2.24, 2.45) is 0 Å². The Kier molecular flexibility index (Phi) is 2.85. The molecule has 1 aliphatic rings. The summed E-state index contributed by atoms with van der Waals surface area (Å²) in [5, 5.41) is 12.1. The van der Waals surface area contributed by atoms with E-state index in [9.17, 15) is 4.39 Å². The van der Waals surface area contributed by atoms with Crippen molar-refractivity contribution in [3.63, 3.8) is 0 Å². The molecule has 14 heavy (non-hydrogen) atoms. The molecule has 0 bridgehead atoms. The summed E-state index contributed by atoms with van der Waals surface area (Å²) in [6, 6.07) is 3.44. The van der Waals surface area contributed by atoms with Crippen LogP contribution in [-0.2, 0) is 13.0 Å². The summed E-state index contributed by atoms with van der Waals surface area (Å²) in [5.41, 5.74) is 1.70. The fourth-order valence-corrected chi connectivity index (χ4v) is 2.23. The van der Waals surface area contributed by atoms with E-state index in [1.165, 1.54) is 6.07 Å². The Hall–Kier alpha value is -0.450. The minimum Gasteiger partial charge on any atom is -0.395 e. The van der Waals surface area contributed by atoms with Crippen LogP contribution in [0.5, 0.6) is 0 Å². The Morgan fingerprint density at radius 3 is 3.07 bits per heavy atom. The number of halogens is 2. The fourth-order valence-electron chi connectivity index (χ4n) is 1.75. The van der Waals surface area contributed by atoms with Gasteiger partial charge in [0.2, 0.25) is 0 Å². The van der Waals surface area contributed by atoms with Crippen LogP contribution < -0.4 is 5.32 Å². The van der Waals surface area contributed by atoms with Crippen LogP contribution >= 0.6 is 15.9 Å². The monoisotopic (exact) mass is 259 g/mol. The third kappa shape index (κ3) is 1.82. The number of aliphatic hydroxyl groups is 1. The molecule has 0 aromatic heterocycles. The van der Waals surface area contributed by atoms with Crippen molar-refractivity contribution >= 4 is 15.9 Å². The van der Waals surface area contributed by atoms with Gasteiger partial charge in [-0.05, 0) is 24.1 Å². The zero-order valence-corrected chi connectivity index (χ0v) is 9.14. The minimum absolute atomic E-state index is 0.0520. The molecule has 1 heterocycles. The summed E-state index contributed by atoms with van der Waals surface area (Å²) in [7, 11) is 0.